The van der Waals surface area contributed by atoms with Crippen LogP contribution in [0.4, 0.5) is 22.7 Å². The van der Waals surface area contributed by atoms with E-state index in [2.05, 4.69) is 274 Å². The fourth-order valence-corrected chi connectivity index (χ4v) is 9.02. The van der Waals surface area contributed by atoms with Crippen LogP contribution in [-0.4, -0.2) is 37.9 Å². The molecule has 4 aromatic rings. The number of nitrogens with zero attached hydrogens (tertiary/aromatic N) is 4. The van der Waals surface area contributed by atoms with E-state index in [0.717, 1.165) is 72.0 Å². The molecule has 6 nitrogen and oxygen atoms in total. The molecule has 2 heterocycles. The summed E-state index contributed by atoms with van der Waals surface area (Å²) in [5, 5.41) is 10.2. The van der Waals surface area contributed by atoms with Crippen molar-refractivity contribution in [3.05, 3.63) is 151 Å². The molecule has 0 spiro atoms. The van der Waals surface area contributed by atoms with Gasteiger partial charge in [-0.2, -0.15) is 11.4 Å². The number of rotatable bonds is 16. The first-order valence-electron chi connectivity index (χ1n) is 28.2. The molecule has 0 saturated carbocycles. The molecule has 13 heteroatoms. The summed E-state index contributed by atoms with van der Waals surface area (Å²) in [4.78, 5) is 10.2. The second-order valence-electron chi connectivity index (χ2n) is 22.4. The van der Waals surface area contributed by atoms with Crippen LogP contribution in [0.1, 0.15) is 256 Å². The average molecular weight is 1290 g/mol. The van der Waals surface area contributed by atoms with Gasteiger partial charge in [0.1, 0.15) is 0 Å². The molecule has 2 fully saturated rings. The Morgan fingerprint density at radius 3 is 0.759 bits per heavy atom. The van der Waals surface area contributed by atoms with Crippen molar-refractivity contribution >= 4 is 74.6 Å². The van der Waals surface area contributed by atoms with Crippen LogP contribution in [0.15, 0.2) is 106 Å². The Labute approximate surface area is 522 Å². The van der Waals surface area contributed by atoms with Gasteiger partial charge in [0.05, 0.1) is 11.4 Å². The summed E-state index contributed by atoms with van der Waals surface area (Å²) in [5.74, 6) is 3.49. The average Bonchev–Trinajstić information content (AvgIpc) is 4.19. The van der Waals surface area contributed by atoms with Gasteiger partial charge >= 0.3 is 83.7 Å². The first-order chi connectivity index (χ1) is 37.5. The zero-order valence-electron chi connectivity index (χ0n) is 51.6. The van der Waals surface area contributed by atoms with Gasteiger partial charge in [-0.15, -0.1) is 11.4 Å². The van der Waals surface area contributed by atoms with Gasteiger partial charge in [0.25, 0.3) is 0 Å². The Balaban J connectivity index is 0.00000119. The maximum absolute atomic E-state index is 5.08. The molecule has 0 radical (unpaired) electrons. The van der Waals surface area contributed by atoms with E-state index >= 15 is 0 Å². The molecular weight excluding hydrogens is 1190 g/mol. The summed E-state index contributed by atoms with van der Waals surface area (Å²) >= 11 is 4.83. The minimum absolute atomic E-state index is 0.00694. The number of allylic oxidation sites excluding steroid dienone is 4. The summed E-state index contributed by atoms with van der Waals surface area (Å²) in [6.45, 7) is 48.1. The number of ether oxygens (including phenoxy) is 2. The number of hydrogen-bond acceptors (Lipinski definition) is 4. The molecule has 2 saturated heterocycles. The second-order valence-corrected chi connectivity index (χ2v) is 24.3. The first kappa shape index (κ1) is 76.9. The van der Waals surface area contributed by atoms with Gasteiger partial charge in [-0.1, -0.05) is 232 Å². The predicted molar refractivity (Wildman–Crippen MR) is 341 cm³/mol. The zero-order chi connectivity index (χ0) is 60.4. The molecule has 4 aromatic carbocycles. The maximum atomic E-state index is 5.08. The van der Waals surface area contributed by atoms with Crippen molar-refractivity contribution in [1.29, 1.82) is 0 Å². The van der Waals surface area contributed by atoms with Crippen LogP contribution >= 0.6 is 40.4 Å². The van der Waals surface area contributed by atoms with Gasteiger partial charge in [-0.3, -0.25) is 9.98 Å². The van der Waals surface area contributed by atoms with Crippen LogP contribution in [0.5, 0.6) is 0 Å². The predicted octanol–water partition coefficient (Wildman–Crippen LogP) is 24.1. The number of benzene rings is 4. The molecule has 443 valence electrons. The Bertz CT molecular complexity index is 2150. The summed E-state index contributed by atoms with van der Waals surface area (Å²) in [5.41, 5.74) is 18.9. The van der Waals surface area contributed by atoms with Crippen LogP contribution in [0.2, 0.25) is 0 Å². The molecular formula is C66H98Cl4Mn3N4O2. The summed E-state index contributed by atoms with van der Waals surface area (Å²) in [6, 6.07) is 26.3. The first-order valence-corrected chi connectivity index (χ1v) is 34.7. The fourth-order valence-electron chi connectivity index (χ4n) is 9.02. The van der Waals surface area contributed by atoms with E-state index in [1.807, 2.05) is 0 Å². The van der Waals surface area contributed by atoms with Gasteiger partial charge in [0, 0.05) is 37.9 Å². The van der Waals surface area contributed by atoms with Crippen molar-refractivity contribution in [3.8, 4) is 0 Å². The molecule has 0 atom stereocenters. The Hall–Kier alpha value is -2.06. The van der Waals surface area contributed by atoms with Gasteiger partial charge in [0.15, 0.2) is 0 Å². The molecule has 0 unspecified atom stereocenters. The van der Waals surface area contributed by atoms with Gasteiger partial charge < -0.3 is 20.1 Å². The van der Waals surface area contributed by atoms with Crippen molar-refractivity contribution in [2.24, 2.45) is 9.98 Å². The van der Waals surface area contributed by atoms with Crippen LogP contribution in [0.3, 0.4) is 0 Å². The molecule has 79 heavy (non-hydrogen) atoms. The normalized spacial score (nSPS) is 13.7. The summed E-state index contributed by atoms with van der Waals surface area (Å²) < 4.78 is 9.89. The number of para-hydroxylation sites is 4. The van der Waals surface area contributed by atoms with Crippen molar-refractivity contribution in [1.82, 2.24) is 0 Å². The van der Waals surface area contributed by atoms with Crippen LogP contribution in [0.25, 0.3) is 10.6 Å². The molecule has 2 aliphatic rings. The number of hydrogen-bond donors (Lipinski definition) is 0. The summed E-state index contributed by atoms with van der Waals surface area (Å²) in [7, 11) is 18.5. The topological polar surface area (TPSA) is 71.4 Å². The third-order valence-electron chi connectivity index (χ3n) is 13.0. The van der Waals surface area contributed by atoms with E-state index in [9.17, 15) is 0 Å². The third kappa shape index (κ3) is 28.9. The third-order valence-corrected chi connectivity index (χ3v) is 13.0. The van der Waals surface area contributed by atoms with Gasteiger partial charge in [-0.05, 0) is 109 Å². The summed E-state index contributed by atoms with van der Waals surface area (Å²) in [6.07, 6.45) is 9.34. The van der Waals surface area contributed by atoms with E-state index in [1.54, 1.807) is 0 Å². The van der Waals surface area contributed by atoms with Gasteiger partial charge in [0.2, 0.25) is 0 Å². The molecule has 6 rings (SSSR count). The fraction of sp³-hybridized carbons (Fsp3) is 0.545. The molecule has 0 aliphatic carbocycles. The van der Waals surface area contributed by atoms with E-state index < -0.39 is 0 Å². The molecule has 2 aliphatic heterocycles. The SMILES string of the molecule is C1CCOC1.C1CCOC1.CC(/C=C(/C)[N-]c1c(C(C)C)cccc1C(C)C)=Nc1c(C(C)C)cccc1C(C)C.CC(/C=C(/C)[N-]c1c(C(C)C)cccc1C(C)C)=Nc1c(C(C)C)cccc1C(C)C.[Cl][Mn+].[Cl][Mn+].[Cl][Mn][Cl]. The molecule has 0 bridgehead atoms. The molecule has 0 amide bonds. The monoisotopic (exact) mass is 1280 g/mol. The minimum atomic E-state index is 0.00694. The standard InChI is InChI=1S/2C29H41N2.2C4H8O.4ClH.3Mn/c2*1-18(2)24-13-11-14-25(19(3)4)28(24)30-22(9)17-23(10)31-29-26(20(5)6)15-12-16-27(29)21(7)8;2*1-2-4-5-3-1;;;;;;;/h2*11-21H,1-10H3;2*1-4H2;4*1H;;;/q2*-1;;;;;;;3*+2/p-4/b2*22-17-,31-23?;;;;;;;;;. The van der Waals surface area contributed by atoms with Crippen LogP contribution in [-0.2, 0) is 52.8 Å². The molecule has 0 N–H and O–H groups in total. The van der Waals surface area contributed by atoms with E-state index in [-0.39, 0.29) is 13.1 Å². The number of halogens is 4. The van der Waals surface area contributed by atoms with Crippen molar-refractivity contribution < 1.29 is 52.8 Å². The van der Waals surface area contributed by atoms with Gasteiger partial charge in [-0.25, -0.2) is 0 Å². The zero-order valence-corrected chi connectivity index (χ0v) is 58.2. The van der Waals surface area contributed by atoms with Crippen LogP contribution in [0, 0.1) is 0 Å². The Morgan fingerprint density at radius 2 is 0.595 bits per heavy atom. The van der Waals surface area contributed by atoms with E-state index in [1.165, 1.54) is 70.2 Å². The van der Waals surface area contributed by atoms with Crippen LogP contribution < -0.4 is 0 Å². The van der Waals surface area contributed by atoms with Crippen molar-refractivity contribution in [2.75, 3.05) is 26.4 Å². The van der Waals surface area contributed by atoms with E-state index in [4.69, 9.17) is 50.3 Å². The van der Waals surface area contributed by atoms with E-state index in [0.29, 0.717) is 47.3 Å². The van der Waals surface area contributed by atoms with Crippen molar-refractivity contribution in [3.63, 3.8) is 0 Å². The Morgan fingerprint density at radius 1 is 0.405 bits per heavy atom. The quantitative estimate of drug-likeness (QED) is 0.0828. The molecule has 0 aromatic heterocycles. The number of aliphatic imine (C=N–C) groups is 2. The Kier molecular flexibility index (Phi) is 42.4. The second kappa shape index (κ2) is 43.6. The van der Waals surface area contributed by atoms with Crippen molar-refractivity contribution in [2.45, 2.75) is 212 Å².